The van der Waals surface area contributed by atoms with Crippen molar-refractivity contribution in [1.82, 2.24) is 15.2 Å². The molecule has 0 atom stereocenters. The summed E-state index contributed by atoms with van der Waals surface area (Å²) in [6, 6.07) is 12.9. The quantitative estimate of drug-likeness (QED) is 0.411. The second kappa shape index (κ2) is 11.4. The number of nitrogens with one attached hydrogen (secondary N) is 3. The molecule has 9 heteroatoms. The van der Waals surface area contributed by atoms with E-state index in [1.54, 1.807) is 31.2 Å². The number of benzene rings is 2. The molecule has 0 spiro atoms. The number of amides is 2. The van der Waals surface area contributed by atoms with E-state index in [0.29, 0.717) is 17.7 Å². The number of hydrogen-bond acceptors (Lipinski definition) is 6. The van der Waals surface area contributed by atoms with E-state index in [1.165, 1.54) is 0 Å². The Labute approximate surface area is 196 Å². The van der Waals surface area contributed by atoms with E-state index in [2.05, 4.69) is 25.8 Å². The first-order valence-electron chi connectivity index (χ1n) is 10.9. The Morgan fingerprint density at radius 2 is 1.61 bits per heavy atom. The number of anilines is 2. The number of carbonyl (C=O) groups is 2. The largest absolute Gasteiger partial charge is 0.325 e. The molecule has 3 N–H and O–H groups in total. The number of aromatic amines is 1. The van der Waals surface area contributed by atoms with Crippen LogP contribution < -0.4 is 16.2 Å². The summed E-state index contributed by atoms with van der Waals surface area (Å²) in [4.78, 5) is 39.7. The minimum absolute atomic E-state index is 0.0777. The van der Waals surface area contributed by atoms with E-state index in [0.717, 1.165) is 41.4 Å². The summed E-state index contributed by atoms with van der Waals surface area (Å²) in [5, 5.41) is 14.1. The van der Waals surface area contributed by atoms with Crippen LogP contribution in [0.1, 0.15) is 38.3 Å². The normalized spacial score (nSPS) is 10.6. The van der Waals surface area contributed by atoms with Gasteiger partial charge in [-0.2, -0.15) is 0 Å². The van der Waals surface area contributed by atoms with Crippen LogP contribution in [0.15, 0.2) is 52.4 Å². The maximum Gasteiger partial charge on any atom is 0.278 e. The van der Waals surface area contributed by atoms with Crippen molar-refractivity contribution in [3.05, 3.63) is 63.9 Å². The molecule has 172 valence electrons. The molecule has 1 aromatic heterocycles. The first-order valence-corrected chi connectivity index (χ1v) is 11.8. The summed E-state index contributed by atoms with van der Waals surface area (Å²) in [6.45, 7) is 5.84. The van der Waals surface area contributed by atoms with Crippen LogP contribution in [0.2, 0.25) is 0 Å². The summed E-state index contributed by atoms with van der Waals surface area (Å²) in [5.41, 5.74) is 3.64. The van der Waals surface area contributed by atoms with E-state index in [9.17, 15) is 14.4 Å². The van der Waals surface area contributed by atoms with Gasteiger partial charge < -0.3 is 10.6 Å². The highest BCUT2D eigenvalue weighted by molar-refractivity contribution is 7.99. The number of carbonyl (C=O) groups excluding carboxylic acids is 2. The number of hydrogen-bond donors (Lipinski definition) is 3. The van der Waals surface area contributed by atoms with Gasteiger partial charge in [-0.1, -0.05) is 68.9 Å². The van der Waals surface area contributed by atoms with E-state index in [1.807, 2.05) is 32.0 Å². The molecule has 1 heterocycles. The average Bonchev–Trinajstić information content (AvgIpc) is 2.83. The molecule has 3 rings (SSSR count). The molecule has 0 unspecified atom stereocenters. The lowest BCUT2D eigenvalue weighted by molar-refractivity contribution is -0.116. The molecule has 0 bridgehead atoms. The lowest BCUT2D eigenvalue weighted by Crippen LogP contribution is -2.19. The molecule has 33 heavy (non-hydrogen) atoms. The van der Waals surface area contributed by atoms with E-state index in [-0.39, 0.29) is 28.4 Å². The fourth-order valence-corrected chi connectivity index (χ4v) is 3.92. The lowest BCUT2D eigenvalue weighted by Gasteiger charge is -2.14. The Kier molecular flexibility index (Phi) is 8.37. The topological polar surface area (TPSA) is 117 Å². The highest BCUT2D eigenvalue weighted by Crippen LogP contribution is 2.25. The highest BCUT2D eigenvalue weighted by Gasteiger charge is 2.15. The predicted octanol–water partition coefficient (Wildman–Crippen LogP) is 4.04. The number of thioether (sulfide) groups is 1. The third kappa shape index (κ3) is 6.07. The molecule has 8 nitrogen and oxygen atoms in total. The van der Waals surface area contributed by atoms with E-state index in [4.69, 9.17) is 0 Å². The number of aryl methyl sites for hydroxylation is 2. The summed E-state index contributed by atoms with van der Waals surface area (Å²) < 4.78 is 0. The van der Waals surface area contributed by atoms with Crippen LogP contribution in [0.3, 0.4) is 0 Å². The van der Waals surface area contributed by atoms with Gasteiger partial charge in [-0.25, -0.2) is 0 Å². The Morgan fingerprint density at radius 3 is 2.24 bits per heavy atom. The first kappa shape index (κ1) is 24.2. The number of para-hydroxylation sites is 2. The van der Waals surface area contributed by atoms with Gasteiger partial charge in [0.2, 0.25) is 11.8 Å². The fraction of sp³-hybridized carbons (Fsp3) is 0.292. The Morgan fingerprint density at radius 1 is 0.909 bits per heavy atom. The Bertz CT molecular complexity index is 1190. The van der Waals surface area contributed by atoms with Gasteiger partial charge in [0.25, 0.3) is 5.56 Å². The molecule has 0 aliphatic heterocycles. The van der Waals surface area contributed by atoms with Crippen LogP contribution in [0.5, 0.6) is 0 Å². The molecule has 0 saturated carbocycles. The predicted molar refractivity (Wildman–Crippen MR) is 132 cm³/mol. The summed E-state index contributed by atoms with van der Waals surface area (Å²) in [7, 11) is 0. The van der Waals surface area contributed by atoms with Crippen LogP contribution >= 0.6 is 11.8 Å². The van der Waals surface area contributed by atoms with Crippen molar-refractivity contribution in [2.24, 2.45) is 0 Å². The van der Waals surface area contributed by atoms with Crippen molar-refractivity contribution in [3.63, 3.8) is 0 Å². The minimum atomic E-state index is -0.448. The third-order valence-corrected chi connectivity index (χ3v) is 5.92. The Hall–Kier alpha value is -3.46. The van der Waals surface area contributed by atoms with Gasteiger partial charge in [-0.05, 0) is 30.0 Å². The van der Waals surface area contributed by atoms with Crippen molar-refractivity contribution >= 4 is 35.0 Å². The van der Waals surface area contributed by atoms with E-state index < -0.39 is 5.56 Å². The summed E-state index contributed by atoms with van der Waals surface area (Å²) in [6.07, 6.45) is 1.95. The number of aromatic nitrogens is 3. The molecule has 0 fully saturated rings. The molecule has 0 aliphatic rings. The smallest absolute Gasteiger partial charge is 0.278 e. The first-order chi connectivity index (χ1) is 16.0. The van der Waals surface area contributed by atoms with Crippen molar-refractivity contribution < 1.29 is 9.59 Å². The maximum atomic E-state index is 12.7. The van der Waals surface area contributed by atoms with Crippen LogP contribution in [0.4, 0.5) is 11.4 Å². The van der Waals surface area contributed by atoms with Crippen LogP contribution in [-0.4, -0.2) is 32.7 Å². The van der Waals surface area contributed by atoms with Crippen molar-refractivity contribution in [1.29, 1.82) is 0 Å². The van der Waals surface area contributed by atoms with Crippen LogP contribution in [0, 0.1) is 0 Å². The van der Waals surface area contributed by atoms with Gasteiger partial charge in [-0.3, -0.25) is 19.4 Å². The SMILES string of the molecule is CCC(=O)Nc1ccccc1-c1nnc(SCC(=O)Nc2c(CC)cccc2CC)[nH]c1=O. The van der Waals surface area contributed by atoms with Crippen LogP contribution in [-0.2, 0) is 22.4 Å². The van der Waals surface area contributed by atoms with Crippen molar-refractivity contribution in [2.45, 2.75) is 45.2 Å². The summed E-state index contributed by atoms with van der Waals surface area (Å²) >= 11 is 1.10. The molecule has 0 saturated heterocycles. The van der Waals surface area contributed by atoms with E-state index >= 15 is 0 Å². The zero-order chi connectivity index (χ0) is 23.8. The summed E-state index contributed by atoms with van der Waals surface area (Å²) in [5.74, 6) is -0.273. The molecule has 0 aliphatic carbocycles. The van der Waals surface area contributed by atoms with Gasteiger partial charge in [-0.15, -0.1) is 10.2 Å². The molecular formula is C24H27N5O3S. The van der Waals surface area contributed by atoms with Crippen molar-refractivity contribution in [3.8, 4) is 11.3 Å². The molecule has 2 amide bonds. The number of H-pyrrole nitrogens is 1. The van der Waals surface area contributed by atoms with Gasteiger partial charge in [0.15, 0.2) is 10.9 Å². The molecule has 3 aromatic rings. The van der Waals surface area contributed by atoms with Gasteiger partial charge in [0, 0.05) is 17.7 Å². The Balaban J connectivity index is 1.72. The van der Waals surface area contributed by atoms with Crippen molar-refractivity contribution in [2.75, 3.05) is 16.4 Å². The maximum absolute atomic E-state index is 12.7. The average molecular weight is 466 g/mol. The number of rotatable bonds is 9. The number of nitrogens with zero attached hydrogens (tertiary/aromatic N) is 2. The lowest BCUT2D eigenvalue weighted by atomic mass is 10.0. The standard InChI is InChI=1S/C24H27N5O3S/c1-4-15-10-9-11-16(5-2)21(15)26-20(31)14-33-24-27-23(32)22(28-29-24)17-12-7-8-13-18(17)25-19(30)6-3/h7-13H,4-6,14H2,1-3H3,(H,25,30)(H,26,31)(H,27,29,32). The second-order valence-electron chi connectivity index (χ2n) is 7.25. The molecular weight excluding hydrogens is 438 g/mol. The molecule has 0 radical (unpaired) electrons. The fourth-order valence-electron chi connectivity index (χ4n) is 3.31. The van der Waals surface area contributed by atoms with Gasteiger partial charge in [0.1, 0.15) is 0 Å². The zero-order valence-electron chi connectivity index (χ0n) is 18.9. The third-order valence-electron chi connectivity index (χ3n) is 5.06. The second-order valence-corrected chi connectivity index (χ2v) is 8.21. The van der Waals surface area contributed by atoms with Gasteiger partial charge in [0.05, 0.1) is 11.4 Å². The molecule has 2 aromatic carbocycles. The highest BCUT2D eigenvalue weighted by atomic mass is 32.2. The monoisotopic (exact) mass is 465 g/mol. The minimum Gasteiger partial charge on any atom is -0.325 e. The van der Waals surface area contributed by atoms with Crippen LogP contribution in [0.25, 0.3) is 11.3 Å². The zero-order valence-corrected chi connectivity index (χ0v) is 19.7. The van der Waals surface area contributed by atoms with Gasteiger partial charge >= 0.3 is 0 Å².